The van der Waals surface area contributed by atoms with Crippen molar-refractivity contribution in [3.63, 3.8) is 0 Å². The van der Waals surface area contributed by atoms with Crippen LogP contribution >= 0.6 is 0 Å². The Hall–Kier alpha value is -1.02. The Morgan fingerprint density at radius 1 is 1.13 bits per heavy atom. The molecule has 1 aromatic carbocycles. The molecule has 1 unspecified atom stereocenters. The average Bonchev–Trinajstić information content (AvgIpc) is 2.13. The van der Waals surface area contributed by atoms with Crippen molar-refractivity contribution in [2.75, 3.05) is 0 Å². The fourth-order valence-corrected chi connectivity index (χ4v) is 1.42. The highest BCUT2D eigenvalue weighted by Crippen LogP contribution is 2.24. The standard InChI is InChI=1S/C13H20O2/c1-8-6-9(2)10(3)13(7-8)15-12(5)11(4)14/h6-7,11-12,14H,1-5H3/t11-,12?/m0/s1. The lowest BCUT2D eigenvalue weighted by Gasteiger charge is -2.20. The molecule has 2 heteroatoms. The smallest absolute Gasteiger partial charge is 0.123 e. The summed E-state index contributed by atoms with van der Waals surface area (Å²) in [6, 6.07) is 4.15. The van der Waals surface area contributed by atoms with Crippen LogP contribution < -0.4 is 4.74 Å². The van der Waals surface area contributed by atoms with Gasteiger partial charge in [0, 0.05) is 0 Å². The van der Waals surface area contributed by atoms with Crippen molar-refractivity contribution >= 4 is 0 Å². The topological polar surface area (TPSA) is 29.5 Å². The number of benzene rings is 1. The van der Waals surface area contributed by atoms with E-state index in [2.05, 4.69) is 13.0 Å². The molecule has 0 amide bonds. The molecular weight excluding hydrogens is 188 g/mol. The summed E-state index contributed by atoms with van der Waals surface area (Å²) in [4.78, 5) is 0. The molecule has 1 aromatic rings. The van der Waals surface area contributed by atoms with Gasteiger partial charge in [0.25, 0.3) is 0 Å². The number of hydrogen-bond donors (Lipinski definition) is 1. The molecule has 0 aliphatic rings. The van der Waals surface area contributed by atoms with Gasteiger partial charge in [-0.25, -0.2) is 0 Å². The molecule has 15 heavy (non-hydrogen) atoms. The van der Waals surface area contributed by atoms with Crippen molar-refractivity contribution in [2.45, 2.75) is 46.8 Å². The Labute approximate surface area is 91.9 Å². The van der Waals surface area contributed by atoms with E-state index in [9.17, 15) is 5.11 Å². The molecule has 2 atom stereocenters. The van der Waals surface area contributed by atoms with Crippen LogP contribution in [0.1, 0.15) is 30.5 Å². The van der Waals surface area contributed by atoms with Crippen LogP contribution in [-0.4, -0.2) is 17.3 Å². The lowest BCUT2D eigenvalue weighted by atomic mass is 10.1. The van der Waals surface area contributed by atoms with E-state index in [1.54, 1.807) is 6.92 Å². The molecule has 0 aliphatic carbocycles. The molecular formula is C13H20O2. The summed E-state index contributed by atoms with van der Waals surface area (Å²) >= 11 is 0. The number of ether oxygens (including phenoxy) is 1. The van der Waals surface area contributed by atoms with Gasteiger partial charge in [-0.05, 0) is 57.4 Å². The van der Waals surface area contributed by atoms with E-state index in [0.717, 1.165) is 11.3 Å². The molecule has 0 fully saturated rings. The highest BCUT2D eigenvalue weighted by Gasteiger charge is 2.12. The molecule has 1 N–H and O–H groups in total. The summed E-state index contributed by atoms with van der Waals surface area (Å²) in [5.41, 5.74) is 3.56. The second-order valence-electron chi connectivity index (χ2n) is 4.27. The Balaban J connectivity index is 2.94. The van der Waals surface area contributed by atoms with Gasteiger partial charge in [0.1, 0.15) is 11.9 Å². The van der Waals surface area contributed by atoms with E-state index in [4.69, 9.17) is 4.74 Å². The zero-order valence-electron chi connectivity index (χ0n) is 10.2. The molecule has 0 aliphatic heterocycles. The maximum atomic E-state index is 9.39. The van der Waals surface area contributed by atoms with Crippen molar-refractivity contribution in [1.29, 1.82) is 0 Å². The van der Waals surface area contributed by atoms with Crippen molar-refractivity contribution in [3.8, 4) is 5.75 Å². The van der Waals surface area contributed by atoms with Gasteiger partial charge in [0.2, 0.25) is 0 Å². The summed E-state index contributed by atoms with van der Waals surface area (Å²) in [6.45, 7) is 9.78. The Morgan fingerprint density at radius 3 is 2.27 bits per heavy atom. The van der Waals surface area contributed by atoms with Crippen LogP contribution in [0.25, 0.3) is 0 Å². The van der Waals surface area contributed by atoms with Crippen LogP contribution in [0.3, 0.4) is 0 Å². The molecule has 0 saturated heterocycles. The van der Waals surface area contributed by atoms with Crippen molar-refractivity contribution in [3.05, 3.63) is 28.8 Å². The lowest BCUT2D eigenvalue weighted by Crippen LogP contribution is -2.26. The molecule has 0 saturated carbocycles. The highest BCUT2D eigenvalue weighted by molar-refractivity contribution is 5.42. The minimum absolute atomic E-state index is 0.176. The van der Waals surface area contributed by atoms with Gasteiger partial charge in [-0.15, -0.1) is 0 Å². The zero-order valence-corrected chi connectivity index (χ0v) is 10.2. The zero-order chi connectivity index (χ0) is 11.6. The van der Waals surface area contributed by atoms with Gasteiger partial charge in [-0.1, -0.05) is 6.07 Å². The number of rotatable bonds is 3. The van der Waals surface area contributed by atoms with E-state index in [-0.39, 0.29) is 6.10 Å². The summed E-state index contributed by atoms with van der Waals surface area (Å²) < 4.78 is 5.72. The predicted octanol–water partition coefficient (Wildman–Crippen LogP) is 2.76. The molecule has 0 bridgehead atoms. The Kier molecular flexibility index (Phi) is 3.75. The normalized spacial score (nSPS) is 14.8. The monoisotopic (exact) mass is 208 g/mol. The number of hydrogen-bond acceptors (Lipinski definition) is 2. The first-order valence-corrected chi connectivity index (χ1v) is 5.34. The lowest BCUT2D eigenvalue weighted by molar-refractivity contribution is 0.0599. The number of aryl methyl sites for hydroxylation is 2. The summed E-state index contributed by atoms with van der Waals surface area (Å²) in [6.07, 6.45) is -0.630. The quantitative estimate of drug-likeness (QED) is 0.827. The van der Waals surface area contributed by atoms with Crippen LogP contribution in [-0.2, 0) is 0 Å². The number of aliphatic hydroxyl groups is 1. The van der Waals surface area contributed by atoms with Crippen molar-refractivity contribution < 1.29 is 9.84 Å². The minimum atomic E-state index is -0.454. The first kappa shape index (κ1) is 12.1. The average molecular weight is 208 g/mol. The first-order chi connectivity index (χ1) is 6.91. The van der Waals surface area contributed by atoms with Gasteiger partial charge in [0.05, 0.1) is 6.10 Å². The third-order valence-electron chi connectivity index (χ3n) is 2.76. The van der Waals surface area contributed by atoms with Crippen LogP contribution in [0.5, 0.6) is 5.75 Å². The highest BCUT2D eigenvalue weighted by atomic mass is 16.5. The molecule has 0 aromatic heterocycles. The third kappa shape index (κ3) is 2.96. The fourth-order valence-electron chi connectivity index (χ4n) is 1.42. The van der Waals surface area contributed by atoms with Crippen molar-refractivity contribution in [2.24, 2.45) is 0 Å². The van der Waals surface area contributed by atoms with Gasteiger partial charge in [0.15, 0.2) is 0 Å². The SMILES string of the molecule is Cc1cc(C)c(C)c(OC(C)[C@H](C)O)c1. The van der Waals surface area contributed by atoms with Crippen LogP contribution in [0.15, 0.2) is 12.1 Å². The van der Waals surface area contributed by atoms with E-state index in [1.165, 1.54) is 11.1 Å². The minimum Gasteiger partial charge on any atom is -0.488 e. The second kappa shape index (κ2) is 4.67. The van der Waals surface area contributed by atoms with Crippen LogP contribution in [0, 0.1) is 20.8 Å². The maximum absolute atomic E-state index is 9.39. The third-order valence-corrected chi connectivity index (χ3v) is 2.76. The van der Waals surface area contributed by atoms with Gasteiger partial charge in [-0.3, -0.25) is 0 Å². The molecule has 1 rings (SSSR count). The maximum Gasteiger partial charge on any atom is 0.123 e. The summed E-state index contributed by atoms with van der Waals surface area (Å²) in [5.74, 6) is 0.876. The molecule has 0 radical (unpaired) electrons. The van der Waals surface area contributed by atoms with E-state index >= 15 is 0 Å². The summed E-state index contributed by atoms with van der Waals surface area (Å²) in [7, 11) is 0. The van der Waals surface area contributed by atoms with Crippen LogP contribution in [0.2, 0.25) is 0 Å². The Morgan fingerprint density at radius 2 is 1.73 bits per heavy atom. The Bertz CT molecular complexity index is 343. The first-order valence-electron chi connectivity index (χ1n) is 5.34. The largest absolute Gasteiger partial charge is 0.488 e. The van der Waals surface area contributed by atoms with Crippen molar-refractivity contribution in [1.82, 2.24) is 0 Å². The molecule has 84 valence electrons. The molecule has 0 spiro atoms. The van der Waals surface area contributed by atoms with E-state index < -0.39 is 6.10 Å². The predicted molar refractivity (Wildman–Crippen MR) is 62.4 cm³/mol. The van der Waals surface area contributed by atoms with E-state index in [1.807, 2.05) is 26.8 Å². The molecule has 2 nitrogen and oxygen atoms in total. The van der Waals surface area contributed by atoms with Gasteiger partial charge in [-0.2, -0.15) is 0 Å². The fraction of sp³-hybridized carbons (Fsp3) is 0.538. The van der Waals surface area contributed by atoms with Gasteiger partial charge < -0.3 is 9.84 Å². The van der Waals surface area contributed by atoms with Crippen LogP contribution in [0.4, 0.5) is 0 Å². The summed E-state index contributed by atoms with van der Waals surface area (Å²) in [5, 5.41) is 9.39. The molecule has 0 heterocycles. The van der Waals surface area contributed by atoms with E-state index in [0.29, 0.717) is 0 Å². The second-order valence-corrected chi connectivity index (χ2v) is 4.27. The number of aliphatic hydroxyl groups excluding tert-OH is 1. The van der Waals surface area contributed by atoms with Gasteiger partial charge >= 0.3 is 0 Å².